The molecule has 4 rings (SSSR count). The van der Waals surface area contributed by atoms with Gasteiger partial charge in [-0.15, -0.1) is 0 Å². The maximum Gasteiger partial charge on any atom is 0.490 e. The summed E-state index contributed by atoms with van der Waals surface area (Å²) < 4.78 is 134. The molecule has 2 aliphatic heterocycles. The number of hydrogen-bond acceptors (Lipinski definition) is 5. The van der Waals surface area contributed by atoms with Gasteiger partial charge in [-0.1, -0.05) is 18.2 Å². The van der Waals surface area contributed by atoms with Crippen LogP contribution >= 0.6 is 0 Å². The van der Waals surface area contributed by atoms with E-state index in [1.54, 1.807) is 24.3 Å². The molecular formula is C20H16F8N2O5S. The van der Waals surface area contributed by atoms with Gasteiger partial charge < -0.3 is 15.2 Å². The average molecular weight is 548 g/mol. The van der Waals surface area contributed by atoms with E-state index in [9.17, 15) is 43.5 Å². The van der Waals surface area contributed by atoms with Crippen LogP contribution in [0.15, 0.2) is 29.2 Å². The zero-order valence-electron chi connectivity index (χ0n) is 17.7. The van der Waals surface area contributed by atoms with Crippen LogP contribution in [0.3, 0.4) is 0 Å². The Morgan fingerprint density at radius 2 is 1.56 bits per heavy atom. The predicted octanol–water partition coefficient (Wildman–Crippen LogP) is 3.55. The van der Waals surface area contributed by atoms with Gasteiger partial charge in [-0.2, -0.15) is 13.2 Å². The van der Waals surface area contributed by atoms with Crippen LogP contribution in [0, 0.1) is 29.1 Å². The van der Waals surface area contributed by atoms with Crippen molar-refractivity contribution in [3.05, 3.63) is 58.9 Å². The molecule has 2 aliphatic rings. The van der Waals surface area contributed by atoms with E-state index in [1.807, 2.05) is 0 Å². The van der Waals surface area contributed by atoms with Crippen LogP contribution in [0.1, 0.15) is 24.4 Å². The number of nitrogens with one attached hydrogen (secondary N) is 2. The fraction of sp³-hybridized carbons (Fsp3) is 0.350. The van der Waals surface area contributed by atoms with Crippen molar-refractivity contribution in [2.75, 3.05) is 13.1 Å². The third-order valence-electron chi connectivity index (χ3n) is 5.38. The number of ether oxygens (including phenoxy) is 1. The van der Waals surface area contributed by atoms with Gasteiger partial charge >= 0.3 is 12.1 Å². The standard InChI is InChI=1S/C18H15F5N2O3S.C2HF3O2/c19-12-13(20)15(22)17(16(23)14(12)21)29(26,27)25-10-7-18(5-6-24-8-18)28-11-4-2-1-3-9(10)11;3-2(4,5)1(6)7/h1-4,10,24-25H,5-8H2;(H,6,7). The first-order chi connectivity index (χ1) is 16.6. The first-order valence-corrected chi connectivity index (χ1v) is 11.4. The lowest BCUT2D eigenvalue weighted by Crippen LogP contribution is -2.46. The molecule has 2 unspecified atom stereocenters. The normalized spacial score (nSPS) is 21.4. The van der Waals surface area contributed by atoms with Crippen molar-refractivity contribution >= 4 is 16.0 Å². The Morgan fingerprint density at radius 1 is 1.03 bits per heavy atom. The van der Waals surface area contributed by atoms with Gasteiger partial charge in [-0.3, -0.25) is 0 Å². The van der Waals surface area contributed by atoms with Gasteiger partial charge in [0.2, 0.25) is 15.8 Å². The number of para-hydroxylation sites is 1. The molecule has 0 amide bonds. The number of rotatable bonds is 3. The smallest absolute Gasteiger partial charge is 0.485 e. The summed E-state index contributed by atoms with van der Waals surface area (Å²) in [5, 5.41) is 10.2. The fourth-order valence-corrected chi connectivity index (χ4v) is 5.13. The minimum Gasteiger partial charge on any atom is -0.485 e. The number of sulfonamides is 1. The quantitative estimate of drug-likeness (QED) is 0.308. The average Bonchev–Trinajstić information content (AvgIpc) is 3.23. The zero-order valence-corrected chi connectivity index (χ0v) is 18.5. The molecule has 0 radical (unpaired) electrons. The van der Waals surface area contributed by atoms with E-state index in [0.717, 1.165) is 0 Å². The number of halogens is 8. The second-order valence-corrected chi connectivity index (χ2v) is 9.48. The zero-order chi connectivity index (χ0) is 27.1. The SMILES string of the molecule is O=C(O)C(F)(F)F.O=S(=O)(NC1CC2(CCNC2)Oc2ccccc21)c1c(F)c(F)c(F)c(F)c1F. The predicted molar refractivity (Wildman–Crippen MR) is 105 cm³/mol. The van der Waals surface area contributed by atoms with Gasteiger partial charge in [-0.25, -0.2) is 39.9 Å². The molecule has 0 saturated carbocycles. The molecule has 198 valence electrons. The lowest BCUT2D eigenvalue weighted by atomic mass is 9.87. The van der Waals surface area contributed by atoms with Gasteiger partial charge in [0.15, 0.2) is 28.2 Å². The summed E-state index contributed by atoms with van der Waals surface area (Å²) in [7, 11) is -5.09. The van der Waals surface area contributed by atoms with Crippen molar-refractivity contribution in [3.8, 4) is 5.75 Å². The Balaban J connectivity index is 0.000000454. The van der Waals surface area contributed by atoms with Gasteiger partial charge in [0.1, 0.15) is 11.4 Å². The van der Waals surface area contributed by atoms with Crippen molar-refractivity contribution in [1.82, 2.24) is 10.0 Å². The van der Waals surface area contributed by atoms with E-state index in [0.29, 0.717) is 30.8 Å². The highest BCUT2D eigenvalue weighted by molar-refractivity contribution is 7.89. The molecule has 0 aliphatic carbocycles. The minimum atomic E-state index is -5.09. The number of carbonyl (C=O) groups is 1. The molecule has 1 spiro atoms. The van der Waals surface area contributed by atoms with E-state index < -0.39 is 67.8 Å². The van der Waals surface area contributed by atoms with Crippen LogP contribution in [0.4, 0.5) is 35.1 Å². The molecule has 2 aromatic rings. The summed E-state index contributed by atoms with van der Waals surface area (Å²) in [6.07, 6.45) is -4.41. The number of hydrogen-bond donors (Lipinski definition) is 3. The van der Waals surface area contributed by atoms with Crippen LogP contribution in [0.2, 0.25) is 0 Å². The maximum atomic E-state index is 14.1. The van der Waals surface area contributed by atoms with E-state index in [2.05, 4.69) is 10.0 Å². The summed E-state index contributed by atoms with van der Waals surface area (Å²) in [4.78, 5) is 6.99. The number of alkyl halides is 3. The number of carboxylic acid groups (broad SMARTS) is 1. The Labute approximate surface area is 198 Å². The summed E-state index contributed by atoms with van der Waals surface area (Å²) in [5.41, 5.74) is -0.352. The monoisotopic (exact) mass is 548 g/mol. The molecule has 3 N–H and O–H groups in total. The van der Waals surface area contributed by atoms with Crippen LogP contribution in [-0.2, 0) is 14.8 Å². The van der Waals surface area contributed by atoms with Crippen molar-refractivity contribution in [1.29, 1.82) is 0 Å². The van der Waals surface area contributed by atoms with E-state index in [1.165, 1.54) is 0 Å². The molecular weight excluding hydrogens is 532 g/mol. The Morgan fingerprint density at radius 3 is 2.06 bits per heavy atom. The molecule has 2 atom stereocenters. The van der Waals surface area contributed by atoms with Gasteiger partial charge in [0, 0.05) is 24.9 Å². The van der Waals surface area contributed by atoms with Crippen molar-refractivity contribution in [2.24, 2.45) is 0 Å². The molecule has 2 heterocycles. The van der Waals surface area contributed by atoms with Crippen LogP contribution in [-0.4, -0.2) is 44.4 Å². The molecule has 36 heavy (non-hydrogen) atoms. The Hall–Kier alpha value is -2.98. The summed E-state index contributed by atoms with van der Waals surface area (Å²) in [5.74, 6) is -14.3. The van der Waals surface area contributed by atoms with Crippen molar-refractivity contribution in [3.63, 3.8) is 0 Å². The fourth-order valence-electron chi connectivity index (χ4n) is 3.77. The Kier molecular flexibility index (Phi) is 7.53. The van der Waals surface area contributed by atoms with Gasteiger partial charge in [0.05, 0.1) is 6.04 Å². The highest BCUT2D eigenvalue weighted by Crippen LogP contribution is 2.43. The number of carboxylic acids is 1. The minimum absolute atomic E-state index is 0.117. The summed E-state index contributed by atoms with van der Waals surface area (Å²) in [6.45, 7) is 1.04. The summed E-state index contributed by atoms with van der Waals surface area (Å²) in [6, 6.07) is 5.49. The third kappa shape index (κ3) is 5.39. The third-order valence-corrected chi connectivity index (χ3v) is 6.87. The van der Waals surface area contributed by atoms with Crippen molar-refractivity contribution < 1.29 is 58.2 Å². The number of fused-ring (bicyclic) bond motifs is 1. The molecule has 2 aromatic carbocycles. The lowest BCUT2D eigenvalue weighted by Gasteiger charge is -2.39. The maximum absolute atomic E-state index is 14.1. The van der Waals surface area contributed by atoms with Crippen LogP contribution < -0.4 is 14.8 Å². The Bertz CT molecular complexity index is 1250. The van der Waals surface area contributed by atoms with Crippen molar-refractivity contribution in [2.45, 2.75) is 35.6 Å². The van der Waals surface area contributed by atoms with Crippen LogP contribution in [0.5, 0.6) is 5.75 Å². The molecule has 0 aromatic heterocycles. The van der Waals surface area contributed by atoms with Crippen LogP contribution in [0.25, 0.3) is 0 Å². The second kappa shape index (κ2) is 9.82. The first-order valence-electron chi connectivity index (χ1n) is 9.92. The first kappa shape index (κ1) is 27.6. The van der Waals surface area contributed by atoms with E-state index in [4.69, 9.17) is 14.6 Å². The lowest BCUT2D eigenvalue weighted by molar-refractivity contribution is -0.192. The number of benzene rings is 2. The number of aliphatic carboxylic acids is 1. The summed E-state index contributed by atoms with van der Waals surface area (Å²) >= 11 is 0. The van der Waals surface area contributed by atoms with Gasteiger partial charge in [0.25, 0.3) is 0 Å². The van der Waals surface area contributed by atoms with E-state index >= 15 is 0 Å². The highest BCUT2D eigenvalue weighted by atomic mass is 32.2. The largest absolute Gasteiger partial charge is 0.490 e. The molecule has 1 fully saturated rings. The highest BCUT2D eigenvalue weighted by Gasteiger charge is 2.45. The molecule has 0 bridgehead atoms. The molecule has 7 nitrogen and oxygen atoms in total. The molecule has 1 saturated heterocycles. The van der Waals surface area contributed by atoms with Gasteiger partial charge in [-0.05, 0) is 12.6 Å². The topological polar surface area (TPSA) is 105 Å². The second-order valence-electron chi connectivity index (χ2n) is 7.83. The molecule has 16 heteroatoms. The van der Waals surface area contributed by atoms with E-state index in [-0.39, 0.29) is 6.42 Å².